The van der Waals surface area contributed by atoms with Crippen molar-refractivity contribution < 1.29 is 9.47 Å². The van der Waals surface area contributed by atoms with E-state index in [0.29, 0.717) is 22.6 Å². The predicted molar refractivity (Wildman–Crippen MR) is 89.5 cm³/mol. The summed E-state index contributed by atoms with van der Waals surface area (Å²) in [5.41, 5.74) is 0.807. The van der Waals surface area contributed by atoms with E-state index >= 15 is 0 Å². The molecule has 0 heterocycles. The Morgan fingerprint density at radius 2 is 1.82 bits per heavy atom. The number of halogens is 1. The van der Waals surface area contributed by atoms with E-state index in [2.05, 4.69) is 15.9 Å². The second kappa shape index (κ2) is 6.97. The quantitative estimate of drug-likeness (QED) is 0.796. The van der Waals surface area contributed by atoms with Crippen LogP contribution in [0.1, 0.15) is 24.8 Å². The average Bonchev–Trinajstić information content (AvgIpc) is 2.62. The Balaban J connectivity index is 1.84. The lowest BCUT2D eigenvalue weighted by Gasteiger charge is -2.25. The maximum absolute atomic E-state index is 12.6. The topological polar surface area (TPSA) is 35.5 Å². The highest BCUT2D eigenvalue weighted by Gasteiger charge is 2.21. The van der Waals surface area contributed by atoms with Crippen LogP contribution in [0.3, 0.4) is 0 Å². The lowest BCUT2D eigenvalue weighted by molar-refractivity contribution is 0.118. The fourth-order valence-corrected chi connectivity index (χ4v) is 2.66. The van der Waals surface area contributed by atoms with E-state index in [1.807, 2.05) is 30.3 Å². The molecule has 3 rings (SSSR count). The number of rotatable bonds is 5. The van der Waals surface area contributed by atoms with Gasteiger partial charge in [0.05, 0.1) is 10.6 Å². The summed E-state index contributed by atoms with van der Waals surface area (Å²) in [4.78, 5) is 12.6. The maximum Gasteiger partial charge on any atom is 0.263 e. The van der Waals surface area contributed by atoms with Gasteiger partial charge in [-0.3, -0.25) is 4.79 Å². The highest BCUT2D eigenvalue weighted by atomic mass is 79.9. The fourth-order valence-electron chi connectivity index (χ4n) is 2.22. The van der Waals surface area contributed by atoms with Gasteiger partial charge in [-0.2, -0.15) is 0 Å². The molecule has 0 spiro atoms. The van der Waals surface area contributed by atoms with Crippen molar-refractivity contribution in [2.45, 2.75) is 32.0 Å². The van der Waals surface area contributed by atoms with E-state index in [1.54, 1.807) is 18.2 Å². The number of ether oxygens (including phenoxy) is 2. The third-order valence-corrected chi connectivity index (χ3v) is 4.33. The van der Waals surface area contributed by atoms with Gasteiger partial charge in [-0.15, -0.1) is 0 Å². The Labute approximate surface area is 138 Å². The molecule has 0 unspecified atom stereocenters. The predicted octanol–water partition coefficient (Wildman–Crippen LogP) is 4.32. The molecule has 0 radical (unpaired) electrons. The second-order valence-electron chi connectivity index (χ2n) is 5.34. The summed E-state index contributed by atoms with van der Waals surface area (Å²) in [5.74, 6) is 0.654. The van der Waals surface area contributed by atoms with Crippen molar-refractivity contribution in [3.63, 3.8) is 0 Å². The van der Waals surface area contributed by atoms with Crippen LogP contribution >= 0.6 is 15.9 Å². The molecule has 0 amide bonds. The van der Waals surface area contributed by atoms with Gasteiger partial charge in [0.15, 0.2) is 11.5 Å². The van der Waals surface area contributed by atoms with Gasteiger partial charge in [0.2, 0.25) is 0 Å². The molecule has 2 aromatic rings. The van der Waals surface area contributed by atoms with Gasteiger partial charge < -0.3 is 9.47 Å². The Morgan fingerprint density at radius 1 is 1.05 bits per heavy atom. The highest BCUT2D eigenvalue weighted by molar-refractivity contribution is 9.10. The lowest BCUT2D eigenvalue weighted by atomic mass is 9.96. The molecule has 0 aromatic heterocycles. The zero-order chi connectivity index (χ0) is 15.4. The first-order chi connectivity index (χ1) is 10.7. The van der Waals surface area contributed by atoms with Gasteiger partial charge in [-0.05, 0) is 52.9 Å². The van der Waals surface area contributed by atoms with Gasteiger partial charge in [0.25, 0.3) is 5.43 Å². The Morgan fingerprint density at radius 3 is 2.50 bits per heavy atom. The van der Waals surface area contributed by atoms with E-state index in [-0.39, 0.29) is 11.5 Å². The molecule has 1 saturated carbocycles. The minimum atomic E-state index is -0.209. The first kappa shape index (κ1) is 15.1. The van der Waals surface area contributed by atoms with Gasteiger partial charge in [-0.25, -0.2) is 0 Å². The molecule has 0 aliphatic heterocycles. The van der Waals surface area contributed by atoms with Crippen LogP contribution in [0.4, 0.5) is 0 Å². The molecule has 2 aromatic carbocycles. The summed E-state index contributed by atoms with van der Waals surface area (Å²) in [7, 11) is 0. The number of hydrogen-bond acceptors (Lipinski definition) is 3. The second-order valence-corrected chi connectivity index (χ2v) is 6.20. The summed E-state index contributed by atoms with van der Waals surface area (Å²) in [6.45, 7) is 0.349. The summed E-state index contributed by atoms with van der Waals surface area (Å²) in [6, 6.07) is 15.1. The molecule has 3 nitrogen and oxygen atoms in total. The first-order valence-electron chi connectivity index (χ1n) is 7.40. The van der Waals surface area contributed by atoms with Gasteiger partial charge >= 0.3 is 0 Å². The minimum absolute atomic E-state index is 0.163. The summed E-state index contributed by atoms with van der Waals surface area (Å²) in [6.07, 6.45) is 3.36. The normalized spacial score (nSPS) is 14.2. The smallest absolute Gasteiger partial charge is 0.263 e. The standard InChI is InChI=1S/C18H17BrO3/c19-15-10-5-11-16(22-14-8-4-9-14)17(20)18(15)21-12-13-6-2-1-3-7-13/h1-3,5-7,10-11,14H,4,8-9,12H2. The zero-order valence-electron chi connectivity index (χ0n) is 12.1. The van der Waals surface area contributed by atoms with Crippen molar-refractivity contribution in [2.75, 3.05) is 0 Å². The fraction of sp³-hybridized carbons (Fsp3) is 0.278. The molecule has 0 bridgehead atoms. The van der Waals surface area contributed by atoms with Crippen molar-refractivity contribution in [2.24, 2.45) is 0 Å². The molecule has 1 fully saturated rings. The van der Waals surface area contributed by atoms with Crippen LogP contribution in [0.25, 0.3) is 0 Å². The molecular formula is C18H17BrO3. The van der Waals surface area contributed by atoms with Crippen LogP contribution in [0.2, 0.25) is 0 Å². The molecule has 1 aliphatic rings. The van der Waals surface area contributed by atoms with E-state index in [9.17, 15) is 4.79 Å². The molecule has 22 heavy (non-hydrogen) atoms. The first-order valence-corrected chi connectivity index (χ1v) is 8.19. The summed E-state index contributed by atoms with van der Waals surface area (Å²) in [5, 5.41) is 0. The largest absolute Gasteiger partial charge is 0.486 e. The Bertz CT molecular complexity index is 696. The van der Waals surface area contributed by atoms with E-state index < -0.39 is 0 Å². The van der Waals surface area contributed by atoms with Crippen LogP contribution in [0, 0.1) is 0 Å². The van der Waals surface area contributed by atoms with Crippen LogP contribution < -0.4 is 14.9 Å². The Hall–Kier alpha value is -1.81. The minimum Gasteiger partial charge on any atom is -0.486 e. The molecule has 114 valence electrons. The van der Waals surface area contributed by atoms with Gasteiger partial charge in [0.1, 0.15) is 6.61 Å². The number of hydrogen-bond donors (Lipinski definition) is 0. The third-order valence-electron chi connectivity index (χ3n) is 3.71. The van der Waals surface area contributed by atoms with Gasteiger partial charge in [0, 0.05) is 0 Å². The van der Waals surface area contributed by atoms with Gasteiger partial charge in [-0.1, -0.05) is 36.4 Å². The molecule has 0 atom stereocenters. The van der Waals surface area contributed by atoms with Crippen LogP contribution in [0.5, 0.6) is 11.5 Å². The van der Waals surface area contributed by atoms with E-state index in [0.717, 1.165) is 18.4 Å². The average molecular weight is 361 g/mol. The Kier molecular flexibility index (Phi) is 4.78. The SMILES string of the molecule is O=c1c(OC2CCC2)cccc(Br)c1OCc1ccccc1. The molecule has 0 saturated heterocycles. The number of benzene rings is 1. The van der Waals surface area contributed by atoms with Crippen LogP contribution in [0.15, 0.2) is 57.8 Å². The van der Waals surface area contributed by atoms with Crippen LogP contribution in [-0.2, 0) is 6.61 Å². The third kappa shape index (κ3) is 3.50. The summed E-state index contributed by atoms with van der Waals surface area (Å²) >= 11 is 3.40. The van der Waals surface area contributed by atoms with Crippen LogP contribution in [-0.4, -0.2) is 6.10 Å². The van der Waals surface area contributed by atoms with Crippen molar-refractivity contribution >= 4 is 15.9 Å². The molecule has 1 aliphatic carbocycles. The van der Waals surface area contributed by atoms with Crippen molar-refractivity contribution in [3.8, 4) is 11.5 Å². The molecular weight excluding hydrogens is 344 g/mol. The maximum atomic E-state index is 12.6. The molecule has 0 N–H and O–H groups in total. The summed E-state index contributed by atoms with van der Waals surface area (Å²) < 4.78 is 12.2. The monoisotopic (exact) mass is 360 g/mol. The zero-order valence-corrected chi connectivity index (χ0v) is 13.7. The highest BCUT2D eigenvalue weighted by Crippen LogP contribution is 2.26. The lowest BCUT2D eigenvalue weighted by Crippen LogP contribution is -2.26. The van der Waals surface area contributed by atoms with Crippen molar-refractivity contribution in [3.05, 3.63) is 68.8 Å². The van der Waals surface area contributed by atoms with E-state index in [4.69, 9.17) is 9.47 Å². The van der Waals surface area contributed by atoms with E-state index in [1.165, 1.54) is 6.42 Å². The van der Waals surface area contributed by atoms with Crippen molar-refractivity contribution in [1.29, 1.82) is 0 Å². The van der Waals surface area contributed by atoms with Crippen molar-refractivity contribution in [1.82, 2.24) is 0 Å². The molecule has 4 heteroatoms.